The zero-order chi connectivity index (χ0) is 30.9. The standard InChI is InChI=1S/C47H30/c1-2-16-32(15-1)44-42(28-27-33-29-43-38-23-8-7-21-36(38)37-22-9-10-24-41(37)47(43)45(33)44)46(39-25-11-17-30-13-3-5-19-34(30)39)40-26-12-18-31-14-4-6-20-35(31)40/h1-15,17-29H,16H2. The van der Waals surface area contributed by atoms with Crippen LogP contribution in [0.1, 0.15) is 28.7 Å². The molecule has 10 rings (SSSR count). The van der Waals surface area contributed by atoms with Gasteiger partial charge < -0.3 is 0 Å². The van der Waals surface area contributed by atoms with Crippen molar-refractivity contribution in [1.82, 2.24) is 0 Å². The summed E-state index contributed by atoms with van der Waals surface area (Å²) < 4.78 is 0. The van der Waals surface area contributed by atoms with Crippen LogP contribution in [0.3, 0.4) is 0 Å². The van der Waals surface area contributed by atoms with Crippen molar-refractivity contribution in [2.75, 3.05) is 0 Å². The average molecular weight is 595 g/mol. The second kappa shape index (κ2) is 10.3. The highest BCUT2D eigenvalue weighted by Gasteiger charge is 2.26. The molecule has 2 aliphatic rings. The van der Waals surface area contributed by atoms with E-state index < -0.39 is 0 Å². The van der Waals surface area contributed by atoms with Crippen molar-refractivity contribution in [2.45, 2.75) is 6.42 Å². The van der Waals surface area contributed by atoms with Crippen LogP contribution in [0, 0.1) is 0 Å². The maximum absolute atomic E-state index is 2.44. The minimum Gasteiger partial charge on any atom is -0.0801 e. The predicted molar refractivity (Wildman–Crippen MR) is 201 cm³/mol. The fraction of sp³-hybridized carbons (Fsp3) is 0.0213. The fourth-order valence-corrected chi connectivity index (χ4v) is 8.25. The van der Waals surface area contributed by atoms with E-state index in [2.05, 4.69) is 170 Å². The molecule has 0 bridgehead atoms. The van der Waals surface area contributed by atoms with Crippen molar-refractivity contribution in [3.8, 4) is 11.1 Å². The van der Waals surface area contributed by atoms with Crippen LogP contribution in [0.4, 0.5) is 0 Å². The third-order valence-corrected chi connectivity index (χ3v) is 10.2. The highest BCUT2D eigenvalue weighted by atomic mass is 14.3. The first-order chi connectivity index (χ1) is 23.3. The lowest BCUT2D eigenvalue weighted by molar-refractivity contribution is 1.38. The van der Waals surface area contributed by atoms with E-state index in [0.29, 0.717) is 0 Å². The van der Waals surface area contributed by atoms with Crippen molar-refractivity contribution < 1.29 is 0 Å². The lowest BCUT2D eigenvalue weighted by Crippen LogP contribution is -2.21. The molecule has 0 unspecified atom stereocenters. The molecule has 8 aromatic carbocycles. The molecule has 0 radical (unpaired) electrons. The topological polar surface area (TPSA) is 0 Å². The lowest BCUT2D eigenvalue weighted by Gasteiger charge is -2.20. The van der Waals surface area contributed by atoms with Crippen LogP contribution >= 0.6 is 0 Å². The lowest BCUT2D eigenvalue weighted by atomic mass is 9.83. The smallest absolute Gasteiger partial charge is 0.00138 e. The van der Waals surface area contributed by atoms with Crippen LogP contribution in [0.2, 0.25) is 0 Å². The minimum atomic E-state index is 0.919. The average Bonchev–Trinajstić information content (AvgIpc) is 3.81. The van der Waals surface area contributed by atoms with Gasteiger partial charge in [0.15, 0.2) is 0 Å². The summed E-state index contributed by atoms with van der Waals surface area (Å²) in [6.07, 6.45) is 10.2. The van der Waals surface area contributed by atoms with E-state index in [-0.39, 0.29) is 0 Å². The van der Waals surface area contributed by atoms with Crippen LogP contribution in [-0.4, -0.2) is 0 Å². The molecule has 0 N–H and O–H groups in total. The van der Waals surface area contributed by atoms with Gasteiger partial charge in [-0.25, -0.2) is 0 Å². The number of benzene rings is 8. The molecule has 0 heteroatoms. The van der Waals surface area contributed by atoms with Crippen LogP contribution in [0.15, 0.2) is 164 Å². The van der Waals surface area contributed by atoms with Gasteiger partial charge in [-0.3, -0.25) is 0 Å². The summed E-state index contributed by atoms with van der Waals surface area (Å²) in [4.78, 5) is 0. The van der Waals surface area contributed by atoms with E-state index in [0.717, 1.165) is 6.42 Å². The second-order valence-electron chi connectivity index (χ2n) is 12.7. The minimum absolute atomic E-state index is 0.919. The SMILES string of the molecule is C1=CCC(c2c3c(ccc2=C(c2cccc4ccccc24)c2cccc4ccccc24)=Cc2c-3c3ccccc3c3ccccc23)=C1. The van der Waals surface area contributed by atoms with Gasteiger partial charge >= 0.3 is 0 Å². The summed E-state index contributed by atoms with van der Waals surface area (Å²) in [5, 5.41) is 12.9. The molecule has 0 nitrogen and oxygen atoms in total. The summed E-state index contributed by atoms with van der Waals surface area (Å²) in [6, 6.07) is 53.8. The van der Waals surface area contributed by atoms with E-state index >= 15 is 0 Å². The molecule has 0 heterocycles. The van der Waals surface area contributed by atoms with Gasteiger partial charge in [-0.2, -0.15) is 0 Å². The summed E-state index contributed by atoms with van der Waals surface area (Å²) in [6.45, 7) is 0. The van der Waals surface area contributed by atoms with E-state index in [4.69, 9.17) is 0 Å². The molecule has 0 spiro atoms. The third kappa shape index (κ3) is 3.89. The molecule has 0 aromatic heterocycles. The number of hydrogen-bond donors (Lipinski definition) is 0. The van der Waals surface area contributed by atoms with Crippen LogP contribution in [0.5, 0.6) is 0 Å². The van der Waals surface area contributed by atoms with Crippen LogP contribution < -0.4 is 10.4 Å². The van der Waals surface area contributed by atoms with Crippen LogP contribution in [0.25, 0.3) is 71.4 Å². The molecule has 0 aliphatic heterocycles. The first kappa shape index (κ1) is 26.3. The highest BCUT2D eigenvalue weighted by Crippen LogP contribution is 2.44. The summed E-state index contributed by atoms with van der Waals surface area (Å²) >= 11 is 0. The molecule has 0 fully saturated rings. The second-order valence-corrected chi connectivity index (χ2v) is 12.7. The Morgan fingerprint density at radius 1 is 0.426 bits per heavy atom. The van der Waals surface area contributed by atoms with Gasteiger partial charge in [-0.1, -0.05) is 164 Å². The maximum Gasteiger partial charge on any atom is -0.00138 e. The molecule has 0 atom stereocenters. The molecule has 2 aliphatic carbocycles. The Balaban J connectivity index is 1.45. The van der Waals surface area contributed by atoms with Crippen molar-refractivity contribution in [3.63, 3.8) is 0 Å². The number of allylic oxidation sites excluding steroid dienone is 4. The Morgan fingerprint density at radius 2 is 0.979 bits per heavy atom. The Bertz CT molecular complexity index is 2710. The summed E-state index contributed by atoms with van der Waals surface area (Å²) in [7, 11) is 0. The van der Waals surface area contributed by atoms with Crippen molar-refractivity contribution in [2.24, 2.45) is 0 Å². The molecular formula is C47H30. The fourth-order valence-electron chi connectivity index (χ4n) is 8.25. The predicted octanol–water partition coefficient (Wildman–Crippen LogP) is 10.7. The molecule has 0 saturated carbocycles. The van der Waals surface area contributed by atoms with Gasteiger partial charge in [0.25, 0.3) is 0 Å². The third-order valence-electron chi connectivity index (χ3n) is 10.2. The first-order valence-corrected chi connectivity index (χ1v) is 16.5. The molecule has 218 valence electrons. The van der Waals surface area contributed by atoms with E-state index in [1.54, 1.807) is 0 Å². The van der Waals surface area contributed by atoms with E-state index in [1.807, 2.05) is 0 Å². The summed E-state index contributed by atoms with van der Waals surface area (Å²) in [5.41, 5.74) is 10.6. The maximum atomic E-state index is 2.44. The Labute approximate surface area is 273 Å². The number of rotatable bonds is 3. The molecule has 8 aromatic rings. The van der Waals surface area contributed by atoms with Gasteiger partial charge in [0.1, 0.15) is 0 Å². The van der Waals surface area contributed by atoms with Gasteiger partial charge in [0, 0.05) is 0 Å². The zero-order valence-electron chi connectivity index (χ0n) is 25.9. The Morgan fingerprint density at radius 3 is 1.62 bits per heavy atom. The van der Waals surface area contributed by atoms with E-state index in [1.165, 1.54) is 98.1 Å². The van der Waals surface area contributed by atoms with E-state index in [9.17, 15) is 0 Å². The van der Waals surface area contributed by atoms with Gasteiger partial charge in [-0.05, 0) is 111 Å². The Kier molecular flexibility index (Phi) is 5.74. The van der Waals surface area contributed by atoms with Crippen molar-refractivity contribution in [3.05, 3.63) is 197 Å². The number of fused-ring (bicyclic) bond motifs is 10. The summed E-state index contributed by atoms with van der Waals surface area (Å²) in [5.74, 6) is 0. The number of hydrogen-bond acceptors (Lipinski definition) is 0. The largest absolute Gasteiger partial charge is 0.0801 e. The molecule has 47 heavy (non-hydrogen) atoms. The Hall–Kier alpha value is -5.98. The van der Waals surface area contributed by atoms with Gasteiger partial charge in [0.2, 0.25) is 0 Å². The first-order valence-electron chi connectivity index (χ1n) is 16.5. The quantitative estimate of drug-likeness (QED) is 0.179. The van der Waals surface area contributed by atoms with Gasteiger partial charge in [-0.15, -0.1) is 0 Å². The normalized spacial score (nSPS) is 13.2. The van der Waals surface area contributed by atoms with Crippen molar-refractivity contribution in [1.29, 1.82) is 0 Å². The molecule has 0 saturated heterocycles. The van der Waals surface area contributed by atoms with Crippen molar-refractivity contribution >= 4 is 60.3 Å². The molecular weight excluding hydrogens is 565 g/mol. The van der Waals surface area contributed by atoms with Gasteiger partial charge in [0.05, 0.1) is 0 Å². The zero-order valence-corrected chi connectivity index (χ0v) is 25.9. The highest BCUT2D eigenvalue weighted by molar-refractivity contribution is 6.20. The van der Waals surface area contributed by atoms with Crippen LogP contribution in [-0.2, 0) is 0 Å². The molecule has 0 amide bonds. The monoisotopic (exact) mass is 594 g/mol.